The van der Waals surface area contributed by atoms with Crippen molar-refractivity contribution in [2.75, 3.05) is 7.11 Å². The lowest BCUT2D eigenvalue weighted by Crippen LogP contribution is -2.30. The van der Waals surface area contributed by atoms with Gasteiger partial charge in [0.1, 0.15) is 17.6 Å². The molecule has 0 saturated carbocycles. The van der Waals surface area contributed by atoms with Crippen LogP contribution in [-0.4, -0.2) is 18.3 Å². The predicted octanol–water partition coefficient (Wildman–Crippen LogP) is 2.73. The van der Waals surface area contributed by atoms with E-state index in [-0.39, 0.29) is 6.10 Å². The largest absolute Gasteiger partial charge is 0.497 e. The number of ether oxygens (including phenoxy) is 2. The normalized spacial score (nSPS) is 21.4. The average Bonchev–Trinajstić information content (AvgIpc) is 2.47. The van der Waals surface area contributed by atoms with Crippen molar-refractivity contribution in [1.82, 2.24) is 0 Å². The zero-order valence-electron chi connectivity index (χ0n) is 10.7. The van der Waals surface area contributed by atoms with Crippen LogP contribution in [0.4, 0.5) is 0 Å². The quantitative estimate of drug-likeness (QED) is 0.898. The molecule has 0 unspecified atom stereocenters. The number of benzene rings is 2. The summed E-state index contributed by atoms with van der Waals surface area (Å²) in [5, 5.41) is 10.2. The Balaban J connectivity index is 1.89. The van der Waals surface area contributed by atoms with Gasteiger partial charge in [0.05, 0.1) is 13.2 Å². The highest BCUT2D eigenvalue weighted by atomic mass is 16.5. The first-order valence-electron chi connectivity index (χ1n) is 6.34. The Bertz CT molecular complexity index is 562. The van der Waals surface area contributed by atoms with Crippen LogP contribution in [0.3, 0.4) is 0 Å². The van der Waals surface area contributed by atoms with Crippen LogP contribution in [0.15, 0.2) is 48.5 Å². The van der Waals surface area contributed by atoms with Crippen molar-refractivity contribution < 1.29 is 14.6 Å². The minimum atomic E-state index is -0.525. The van der Waals surface area contributed by atoms with Crippen LogP contribution >= 0.6 is 0 Å². The Morgan fingerprint density at radius 1 is 1.11 bits per heavy atom. The first-order chi connectivity index (χ1) is 9.28. The Morgan fingerprint density at radius 2 is 1.84 bits per heavy atom. The molecular formula is C16H16O3. The van der Waals surface area contributed by atoms with E-state index in [9.17, 15) is 5.11 Å². The molecule has 1 aliphatic rings. The molecule has 0 spiro atoms. The third-order valence-corrected chi connectivity index (χ3v) is 3.45. The SMILES string of the molecule is COc1ccc([C@@H]2Oc3ccccc3C[C@@H]2O)cc1. The first kappa shape index (κ1) is 12.1. The number of hydrogen-bond acceptors (Lipinski definition) is 3. The van der Waals surface area contributed by atoms with E-state index >= 15 is 0 Å². The van der Waals surface area contributed by atoms with Gasteiger partial charge in [-0.25, -0.2) is 0 Å². The van der Waals surface area contributed by atoms with Crippen LogP contribution in [0.2, 0.25) is 0 Å². The molecule has 0 bridgehead atoms. The third kappa shape index (κ3) is 2.29. The van der Waals surface area contributed by atoms with Gasteiger partial charge < -0.3 is 14.6 Å². The maximum atomic E-state index is 10.2. The zero-order valence-corrected chi connectivity index (χ0v) is 10.7. The summed E-state index contributed by atoms with van der Waals surface area (Å²) in [4.78, 5) is 0. The minimum Gasteiger partial charge on any atom is -0.497 e. The topological polar surface area (TPSA) is 38.7 Å². The molecule has 98 valence electrons. The van der Waals surface area contributed by atoms with Crippen molar-refractivity contribution in [3.8, 4) is 11.5 Å². The molecule has 2 atom stereocenters. The Kier molecular flexibility index (Phi) is 3.13. The number of hydrogen-bond donors (Lipinski definition) is 1. The van der Waals surface area contributed by atoms with Gasteiger partial charge in [-0.2, -0.15) is 0 Å². The summed E-state index contributed by atoms with van der Waals surface area (Å²) in [5.41, 5.74) is 2.02. The van der Waals surface area contributed by atoms with Crippen LogP contribution < -0.4 is 9.47 Å². The van der Waals surface area contributed by atoms with E-state index in [2.05, 4.69) is 0 Å². The molecule has 2 aromatic rings. The first-order valence-corrected chi connectivity index (χ1v) is 6.34. The minimum absolute atomic E-state index is 0.319. The van der Waals surface area contributed by atoms with Gasteiger partial charge in [-0.1, -0.05) is 30.3 Å². The highest BCUT2D eigenvalue weighted by Gasteiger charge is 2.29. The molecule has 0 saturated heterocycles. The van der Waals surface area contributed by atoms with Gasteiger partial charge in [-0.05, 0) is 29.3 Å². The lowest BCUT2D eigenvalue weighted by Gasteiger charge is -2.30. The molecule has 0 aromatic heterocycles. The maximum absolute atomic E-state index is 10.2. The van der Waals surface area contributed by atoms with E-state index in [1.807, 2.05) is 48.5 Å². The van der Waals surface area contributed by atoms with E-state index in [0.29, 0.717) is 6.42 Å². The highest BCUT2D eigenvalue weighted by Crippen LogP contribution is 2.35. The summed E-state index contributed by atoms with van der Waals surface area (Å²) in [6.07, 6.45) is -0.225. The number of para-hydroxylation sites is 1. The molecule has 2 aromatic carbocycles. The molecule has 3 nitrogen and oxygen atoms in total. The van der Waals surface area contributed by atoms with Gasteiger partial charge in [0.2, 0.25) is 0 Å². The Labute approximate surface area is 112 Å². The lowest BCUT2D eigenvalue weighted by molar-refractivity contribution is 0.0208. The predicted molar refractivity (Wildman–Crippen MR) is 72.5 cm³/mol. The number of aliphatic hydroxyl groups excluding tert-OH is 1. The highest BCUT2D eigenvalue weighted by molar-refractivity contribution is 5.38. The average molecular weight is 256 g/mol. The zero-order chi connectivity index (χ0) is 13.2. The van der Waals surface area contributed by atoms with Crippen molar-refractivity contribution >= 4 is 0 Å². The van der Waals surface area contributed by atoms with E-state index in [1.54, 1.807) is 7.11 Å². The van der Waals surface area contributed by atoms with Crippen LogP contribution in [0.25, 0.3) is 0 Å². The van der Waals surface area contributed by atoms with Gasteiger partial charge in [0.15, 0.2) is 0 Å². The van der Waals surface area contributed by atoms with E-state index in [1.165, 1.54) is 0 Å². The number of aliphatic hydroxyl groups is 1. The fourth-order valence-corrected chi connectivity index (χ4v) is 2.42. The number of rotatable bonds is 2. The second kappa shape index (κ2) is 4.94. The third-order valence-electron chi connectivity index (χ3n) is 3.45. The smallest absolute Gasteiger partial charge is 0.150 e. The van der Waals surface area contributed by atoms with Gasteiger partial charge >= 0.3 is 0 Å². The number of methoxy groups -OCH3 is 1. The van der Waals surface area contributed by atoms with Crippen LogP contribution in [0.5, 0.6) is 11.5 Å². The summed E-state index contributed by atoms with van der Waals surface area (Å²) >= 11 is 0. The molecule has 1 N–H and O–H groups in total. The van der Waals surface area contributed by atoms with Gasteiger partial charge in [0.25, 0.3) is 0 Å². The molecule has 0 radical (unpaired) electrons. The van der Waals surface area contributed by atoms with E-state index in [4.69, 9.17) is 9.47 Å². The van der Waals surface area contributed by atoms with Crippen molar-refractivity contribution in [2.24, 2.45) is 0 Å². The number of fused-ring (bicyclic) bond motifs is 1. The van der Waals surface area contributed by atoms with Crippen molar-refractivity contribution in [3.63, 3.8) is 0 Å². The summed E-state index contributed by atoms with van der Waals surface area (Å²) < 4.78 is 11.0. The van der Waals surface area contributed by atoms with Crippen LogP contribution in [0.1, 0.15) is 17.2 Å². The summed E-state index contributed by atoms with van der Waals surface area (Å²) in [6, 6.07) is 15.5. The van der Waals surface area contributed by atoms with Crippen molar-refractivity contribution in [3.05, 3.63) is 59.7 Å². The summed E-state index contributed by atoms with van der Waals surface area (Å²) in [7, 11) is 1.64. The monoisotopic (exact) mass is 256 g/mol. The van der Waals surface area contributed by atoms with Crippen molar-refractivity contribution in [2.45, 2.75) is 18.6 Å². The molecule has 0 fully saturated rings. The summed E-state index contributed by atoms with van der Waals surface area (Å²) in [6.45, 7) is 0. The fourth-order valence-electron chi connectivity index (χ4n) is 2.42. The standard InChI is InChI=1S/C16H16O3/c1-18-13-8-6-11(7-9-13)16-14(17)10-12-4-2-3-5-15(12)19-16/h2-9,14,16-17H,10H2,1H3/t14-,16-/m0/s1. The molecule has 0 amide bonds. The maximum Gasteiger partial charge on any atom is 0.150 e. The van der Waals surface area contributed by atoms with Crippen LogP contribution in [-0.2, 0) is 6.42 Å². The van der Waals surface area contributed by atoms with Gasteiger partial charge in [0, 0.05) is 6.42 Å². The second-order valence-electron chi connectivity index (χ2n) is 4.69. The molecule has 0 aliphatic carbocycles. The van der Waals surface area contributed by atoms with Crippen molar-refractivity contribution in [1.29, 1.82) is 0 Å². The Hall–Kier alpha value is -2.00. The molecule has 1 aliphatic heterocycles. The Morgan fingerprint density at radius 3 is 2.58 bits per heavy atom. The summed E-state index contributed by atoms with van der Waals surface area (Å²) in [5.74, 6) is 1.66. The van der Waals surface area contributed by atoms with E-state index in [0.717, 1.165) is 22.6 Å². The molecule has 19 heavy (non-hydrogen) atoms. The molecule has 1 heterocycles. The van der Waals surface area contributed by atoms with E-state index < -0.39 is 6.10 Å². The molecule has 3 heteroatoms. The lowest BCUT2D eigenvalue weighted by atomic mass is 9.95. The molecule has 3 rings (SSSR count). The van der Waals surface area contributed by atoms with Gasteiger partial charge in [-0.15, -0.1) is 0 Å². The van der Waals surface area contributed by atoms with Gasteiger partial charge in [-0.3, -0.25) is 0 Å². The second-order valence-corrected chi connectivity index (χ2v) is 4.69. The molecular weight excluding hydrogens is 240 g/mol. The fraction of sp³-hybridized carbons (Fsp3) is 0.250. The van der Waals surface area contributed by atoms with Crippen LogP contribution in [0, 0.1) is 0 Å².